The minimum atomic E-state index is -0.943. The van der Waals surface area contributed by atoms with E-state index in [-0.39, 0.29) is 23.6 Å². The van der Waals surface area contributed by atoms with Crippen LogP contribution in [0.5, 0.6) is 0 Å². The summed E-state index contributed by atoms with van der Waals surface area (Å²) in [7, 11) is 0. The Morgan fingerprint density at radius 2 is 1.65 bits per heavy atom. The van der Waals surface area contributed by atoms with Crippen LogP contribution in [0.25, 0.3) is 0 Å². The lowest BCUT2D eigenvalue weighted by Crippen LogP contribution is -2.55. The van der Waals surface area contributed by atoms with Crippen molar-refractivity contribution in [2.24, 2.45) is 0 Å². The van der Waals surface area contributed by atoms with Crippen molar-refractivity contribution >= 4 is 30.5 Å². The number of aryl methyl sites for hydroxylation is 2. The topological polar surface area (TPSA) is 87.7 Å². The number of amides is 3. The molecular formula is C26H43N3O4S. The van der Waals surface area contributed by atoms with Gasteiger partial charge in [-0.1, -0.05) is 49.1 Å². The zero-order valence-electron chi connectivity index (χ0n) is 22.0. The Hall–Kier alpha value is -2.22. The van der Waals surface area contributed by atoms with Gasteiger partial charge in [0.15, 0.2) is 0 Å². The second kappa shape index (κ2) is 13.6. The number of carbonyl (C=O) groups excluding carboxylic acids is 3. The van der Waals surface area contributed by atoms with E-state index in [1.165, 1.54) is 0 Å². The first-order valence-electron chi connectivity index (χ1n) is 12.1. The molecule has 0 heterocycles. The van der Waals surface area contributed by atoms with Crippen LogP contribution in [0.2, 0.25) is 0 Å². The first-order chi connectivity index (χ1) is 15.8. The molecule has 0 saturated heterocycles. The van der Waals surface area contributed by atoms with Crippen LogP contribution in [-0.2, 0) is 14.3 Å². The lowest BCUT2D eigenvalue weighted by molar-refractivity contribution is -0.144. The summed E-state index contributed by atoms with van der Waals surface area (Å²) in [6, 6.07) is 3.81. The van der Waals surface area contributed by atoms with Crippen LogP contribution in [0.4, 0.5) is 4.79 Å². The molecule has 192 valence electrons. The van der Waals surface area contributed by atoms with Gasteiger partial charge in [0.2, 0.25) is 11.8 Å². The molecule has 8 heteroatoms. The number of hydrogen-bond acceptors (Lipinski definition) is 5. The van der Waals surface area contributed by atoms with Crippen molar-refractivity contribution in [3.63, 3.8) is 0 Å². The predicted octanol–water partition coefficient (Wildman–Crippen LogP) is 4.71. The van der Waals surface area contributed by atoms with Gasteiger partial charge < -0.3 is 20.3 Å². The first-order valence-corrected chi connectivity index (χ1v) is 12.7. The molecule has 3 amide bonds. The molecule has 1 rings (SSSR count). The summed E-state index contributed by atoms with van der Waals surface area (Å²) in [5.74, 6) is -0.555. The van der Waals surface area contributed by atoms with Gasteiger partial charge in [0.25, 0.3) is 0 Å². The fourth-order valence-corrected chi connectivity index (χ4v) is 4.03. The third-order valence-electron chi connectivity index (χ3n) is 5.15. The van der Waals surface area contributed by atoms with Crippen molar-refractivity contribution in [1.29, 1.82) is 0 Å². The molecule has 1 aromatic carbocycles. The summed E-state index contributed by atoms with van der Waals surface area (Å²) >= 11 is 4.31. The molecule has 0 aliphatic rings. The number of benzene rings is 1. The number of carbonyl (C=O) groups is 3. The van der Waals surface area contributed by atoms with E-state index in [9.17, 15) is 14.4 Å². The third-order valence-corrected chi connectivity index (χ3v) is 5.51. The zero-order chi connectivity index (χ0) is 26.1. The average Bonchev–Trinajstić information content (AvgIpc) is 2.70. The Balaban J connectivity index is 3.34. The van der Waals surface area contributed by atoms with Gasteiger partial charge in [-0.05, 0) is 60.5 Å². The van der Waals surface area contributed by atoms with E-state index in [1.54, 1.807) is 25.7 Å². The third kappa shape index (κ3) is 9.57. The van der Waals surface area contributed by atoms with Crippen LogP contribution in [-0.4, -0.2) is 52.8 Å². The number of nitrogens with zero attached hydrogens (tertiary/aromatic N) is 1. The van der Waals surface area contributed by atoms with Crippen molar-refractivity contribution in [3.05, 3.63) is 34.9 Å². The van der Waals surface area contributed by atoms with E-state index in [0.29, 0.717) is 6.54 Å². The zero-order valence-corrected chi connectivity index (χ0v) is 22.9. The number of nitrogens with one attached hydrogen (secondary N) is 2. The lowest BCUT2D eigenvalue weighted by Gasteiger charge is -2.37. The van der Waals surface area contributed by atoms with Crippen molar-refractivity contribution in [2.45, 2.75) is 98.4 Å². The molecule has 0 aliphatic heterocycles. The van der Waals surface area contributed by atoms with E-state index in [4.69, 9.17) is 4.74 Å². The Labute approximate surface area is 210 Å². The fourth-order valence-electron chi connectivity index (χ4n) is 3.78. The fraction of sp³-hybridized carbons (Fsp3) is 0.654. The predicted molar refractivity (Wildman–Crippen MR) is 140 cm³/mol. The molecule has 2 N–H and O–H groups in total. The van der Waals surface area contributed by atoms with Gasteiger partial charge in [0, 0.05) is 18.3 Å². The second-order valence-corrected chi connectivity index (χ2v) is 10.4. The molecule has 1 aromatic rings. The number of alkyl carbamates (subject to hydrolysis) is 1. The summed E-state index contributed by atoms with van der Waals surface area (Å²) < 4.78 is 5.33. The van der Waals surface area contributed by atoms with Gasteiger partial charge in [-0.3, -0.25) is 9.59 Å². The average molecular weight is 494 g/mol. The standard InChI is InChI=1S/C26H43N3O4S/c1-9-10-11-12-27-23(30)22(20-14-18(4)13-19(5)15-20)29(17(2)3)24(31)21(16-34)28-25(32)33-26(6,7)8/h13-15,17,21-22,34H,9-12,16H2,1-8H3,(H,27,30)(H,28,32). The van der Waals surface area contributed by atoms with Crippen LogP contribution in [0.15, 0.2) is 18.2 Å². The monoisotopic (exact) mass is 493 g/mol. The minimum absolute atomic E-state index is 0.0684. The molecule has 0 bridgehead atoms. The van der Waals surface area contributed by atoms with Crippen LogP contribution in [0, 0.1) is 13.8 Å². The first kappa shape index (κ1) is 29.8. The Bertz CT molecular complexity index is 816. The van der Waals surface area contributed by atoms with Crippen molar-refractivity contribution < 1.29 is 19.1 Å². The van der Waals surface area contributed by atoms with Crippen molar-refractivity contribution in [2.75, 3.05) is 12.3 Å². The highest BCUT2D eigenvalue weighted by Crippen LogP contribution is 2.27. The maximum absolute atomic E-state index is 13.7. The van der Waals surface area contributed by atoms with E-state index >= 15 is 0 Å². The van der Waals surface area contributed by atoms with Crippen LogP contribution < -0.4 is 10.6 Å². The molecule has 0 aromatic heterocycles. The quantitative estimate of drug-likeness (QED) is 0.308. The van der Waals surface area contributed by atoms with Gasteiger partial charge in [-0.2, -0.15) is 12.6 Å². The normalized spacial score (nSPS) is 13.2. The van der Waals surface area contributed by atoms with E-state index in [2.05, 4.69) is 30.2 Å². The van der Waals surface area contributed by atoms with Crippen LogP contribution >= 0.6 is 12.6 Å². The molecule has 7 nitrogen and oxygen atoms in total. The highest BCUT2D eigenvalue weighted by Gasteiger charge is 2.37. The van der Waals surface area contributed by atoms with Gasteiger partial charge in [-0.15, -0.1) is 0 Å². The minimum Gasteiger partial charge on any atom is -0.444 e. The summed E-state index contributed by atoms with van der Waals surface area (Å²) in [4.78, 5) is 41.1. The molecule has 0 fully saturated rings. The highest BCUT2D eigenvalue weighted by atomic mass is 32.1. The number of unbranched alkanes of at least 4 members (excludes halogenated alkanes) is 2. The number of rotatable bonds is 11. The Morgan fingerprint density at radius 1 is 1.06 bits per heavy atom. The molecule has 2 atom stereocenters. The molecule has 34 heavy (non-hydrogen) atoms. The van der Waals surface area contributed by atoms with Gasteiger partial charge in [-0.25, -0.2) is 4.79 Å². The largest absolute Gasteiger partial charge is 0.444 e. The van der Waals surface area contributed by atoms with Crippen molar-refractivity contribution in [3.8, 4) is 0 Å². The van der Waals surface area contributed by atoms with Crippen LogP contribution in [0.1, 0.15) is 83.5 Å². The molecule has 2 unspecified atom stereocenters. The summed E-state index contributed by atoms with van der Waals surface area (Å²) in [6.45, 7) is 15.6. The molecule has 0 spiro atoms. The van der Waals surface area contributed by atoms with Crippen LogP contribution in [0.3, 0.4) is 0 Å². The second-order valence-electron chi connectivity index (χ2n) is 10.0. The number of ether oxygens (including phenoxy) is 1. The van der Waals surface area contributed by atoms with Gasteiger partial charge >= 0.3 is 6.09 Å². The summed E-state index contributed by atoms with van der Waals surface area (Å²) in [6.07, 6.45) is 2.24. The number of hydrogen-bond donors (Lipinski definition) is 3. The Kier molecular flexibility index (Phi) is 11.9. The lowest BCUT2D eigenvalue weighted by atomic mass is 9.97. The smallest absolute Gasteiger partial charge is 0.408 e. The SMILES string of the molecule is CCCCCNC(=O)C(c1cc(C)cc(C)c1)N(C(=O)C(CS)NC(=O)OC(C)(C)C)C(C)C. The van der Waals surface area contributed by atoms with E-state index in [1.807, 2.05) is 45.9 Å². The van der Waals surface area contributed by atoms with Gasteiger partial charge in [0.1, 0.15) is 17.7 Å². The maximum Gasteiger partial charge on any atom is 0.408 e. The molecule has 0 saturated carbocycles. The number of thiol groups is 1. The van der Waals surface area contributed by atoms with E-state index in [0.717, 1.165) is 36.0 Å². The molecular weight excluding hydrogens is 450 g/mol. The molecule has 0 radical (unpaired) electrons. The van der Waals surface area contributed by atoms with Crippen molar-refractivity contribution in [1.82, 2.24) is 15.5 Å². The molecule has 0 aliphatic carbocycles. The summed E-state index contributed by atoms with van der Waals surface area (Å²) in [5.41, 5.74) is 2.05. The Morgan fingerprint density at radius 3 is 2.12 bits per heavy atom. The van der Waals surface area contributed by atoms with Gasteiger partial charge in [0.05, 0.1) is 0 Å². The highest BCUT2D eigenvalue weighted by molar-refractivity contribution is 7.80. The maximum atomic E-state index is 13.7. The summed E-state index contributed by atoms with van der Waals surface area (Å²) in [5, 5.41) is 5.64. The van der Waals surface area contributed by atoms with E-state index < -0.39 is 23.8 Å².